The van der Waals surface area contributed by atoms with Gasteiger partial charge in [0.2, 0.25) is 0 Å². The minimum Gasteiger partial charge on any atom is -0.388 e. The van der Waals surface area contributed by atoms with Crippen LogP contribution in [0.15, 0.2) is 11.4 Å². The van der Waals surface area contributed by atoms with Crippen molar-refractivity contribution in [2.75, 3.05) is 0 Å². The van der Waals surface area contributed by atoms with Gasteiger partial charge in [-0.3, -0.25) is 0 Å². The zero-order valence-electron chi connectivity index (χ0n) is 12.0. The molecule has 0 saturated carbocycles. The first kappa shape index (κ1) is 17.0. The van der Waals surface area contributed by atoms with Gasteiger partial charge in [-0.05, 0) is 17.9 Å². The van der Waals surface area contributed by atoms with Crippen LogP contribution in [0.1, 0.15) is 82.1 Å². The van der Waals surface area contributed by atoms with Crippen molar-refractivity contribution in [3.63, 3.8) is 0 Å². The standard InChI is InChI=1S/C16H27ClOS/c1-2-3-4-5-6-7-8-9-10-11-15(18)16-14(17)12-13-19-16/h12-13,15,18H,2-11H2,1H3. The molecule has 0 aliphatic rings. The summed E-state index contributed by atoms with van der Waals surface area (Å²) >= 11 is 7.56. The predicted octanol–water partition coefficient (Wildman–Crippen LogP) is 6.36. The summed E-state index contributed by atoms with van der Waals surface area (Å²) in [4.78, 5) is 0.932. The SMILES string of the molecule is CCCCCCCCCCCC(O)c1sccc1Cl. The lowest BCUT2D eigenvalue weighted by Gasteiger charge is -2.09. The van der Waals surface area contributed by atoms with Crippen LogP contribution in [0.3, 0.4) is 0 Å². The lowest BCUT2D eigenvalue weighted by molar-refractivity contribution is 0.167. The van der Waals surface area contributed by atoms with Gasteiger partial charge in [-0.15, -0.1) is 11.3 Å². The van der Waals surface area contributed by atoms with Crippen LogP contribution in [-0.2, 0) is 0 Å². The molecule has 0 aliphatic carbocycles. The largest absolute Gasteiger partial charge is 0.388 e. The molecule has 1 rings (SSSR count). The van der Waals surface area contributed by atoms with Gasteiger partial charge in [0, 0.05) is 0 Å². The number of aliphatic hydroxyl groups excluding tert-OH is 1. The maximum Gasteiger partial charge on any atom is 0.0896 e. The Morgan fingerprint density at radius 1 is 1.05 bits per heavy atom. The summed E-state index contributed by atoms with van der Waals surface area (Å²) in [7, 11) is 0. The molecule has 0 saturated heterocycles. The van der Waals surface area contributed by atoms with Gasteiger partial charge in [0.25, 0.3) is 0 Å². The van der Waals surface area contributed by atoms with Crippen LogP contribution in [0, 0.1) is 0 Å². The van der Waals surface area contributed by atoms with Crippen LogP contribution in [0.25, 0.3) is 0 Å². The van der Waals surface area contributed by atoms with Crippen LogP contribution in [0.4, 0.5) is 0 Å². The third kappa shape index (κ3) is 7.34. The van der Waals surface area contributed by atoms with E-state index in [1.54, 1.807) is 11.3 Å². The Morgan fingerprint density at radius 2 is 1.63 bits per heavy atom. The maximum atomic E-state index is 10.0. The maximum absolute atomic E-state index is 10.0. The zero-order chi connectivity index (χ0) is 13.9. The summed E-state index contributed by atoms with van der Waals surface area (Å²) in [5.74, 6) is 0. The molecule has 0 aliphatic heterocycles. The monoisotopic (exact) mass is 302 g/mol. The van der Waals surface area contributed by atoms with Crippen molar-refractivity contribution in [2.24, 2.45) is 0 Å². The van der Waals surface area contributed by atoms with E-state index in [9.17, 15) is 5.11 Å². The van der Waals surface area contributed by atoms with E-state index < -0.39 is 0 Å². The molecule has 110 valence electrons. The highest BCUT2D eigenvalue weighted by Gasteiger charge is 2.12. The summed E-state index contributed by atoms with van der Waals surface area (Å²) < 4.78 is 0. The fourth-order valence-corrected chi connectivity index (χ4v) is 3.53. The van der Waals surface area contributed by atoms with Gasteiger partial charge in [0.05, 0.1) is 16.0 Å². The Kier molecular flexibility index (Phi) is 9.58. The van der Waals surface area contributed by atoms with Gasteiger partial charge >= 0.3 is 0 Å². The van der Waals surface area contributed by atoms with E-state index in [2.05, 4.69) is 6.92 Å². The molecule has 3 heteroatoms. The van der Waals surface area contributed by atoms with Gasteiger partial charge in [0.1, 0.15) is 0 Å². The first-order chi connectivity index (χ1) is 9.25. The van der Waals surface area contributed by atoms with Gasteiger partial charge in [-0.1, -0.05) is 76.3 Å². The molecule has 1 nitrogen and oxygen atoms in total. The molecular weight excluding hydrogens is 276 g/mol. The second-order valence-electron chi connectivity index (χ2n) is 5.27. The van der Waals surface area contributed by atoms with E-state index in [0.29, 0.717) is 5.02 Å². The van der Waals surface area contributed by atoms with E-state index in [1.165, 1.54) is 51.4 Å². The van der Waals surface area contributed by atoms with Crippen molar-refractivity contribution >= 4 is 22.9 Å². The number of hydrogen-bond donors (Lipinski definition) is 1. The number of thiophene rings is 1. The van der Waals surface area contributed by atoms with E-state index in [4.69, 9.17) is 11.6 Å². The Balaban J connectivity index is 1.95. The van der Waals surface area contributed by atoms with E-state index >= 15 is 0 Å². The minimum absolute atomic E-state index is 0.364. The average molecular weight is 303 g/mol. The molecule has 0 radical (unpaired) electrons. The average Bonchev–Trinajstić information content (AvgIpc) is 2.83. The van der Waals surface area contributed by atoms with Crippen molar-refractivity contribution in [2.45, 2.75) is 77.2 Å². The Bertz CT molecular complexity index is 324. The number of aliphatic hydroxyl groups is 1. The molecule has 1 unspecified atom stereocenters. The number of halogens is 1. The van der Waals surface area contributed by atoms with Crippen molar-refractivity contribution in [3.8, 4) is 0 Å². The van der Waals surface area contributed by atoms with Crippen molar-refractivity contribution in [3.05, 3.63) is 21.3 Å². The van der Waals surface area contributed by atoms with Crippen LogP contribution in [0.2, 0.25) is 5.02 Å². The smallest absolute Gasteiger partial charge is 0.0896 e. The summed E-state index contributed by atoms with van der Waals surface area (Å²) in [6.07, 6.45) is 12.3. The van der Waals surface area contributed by atoms with Crippen LogP contribution < -0.4 is 0 Å². The van der Waals surface area contributed by atoms with Crippen LogP contribution >= 0.6 is 22.9 Å². The third-order valence-corrected chi connectivity index (χ3v) is 4.99. The van der Waals surface area contributed by atoms with E-state index in [-0.39, 0.29) is 6.10 Å². The molecule has 0 aromatic carbocycles. The molecule has 0 bridgehead atoms. The van der Waals surface area contributed by atoms with Gasteiger partial charge in [0.15, 0.2) is 0 Å². The van der Waals surface area contributed by atoms with E-state index in [1.807, 2.05) is 11.4 Å². The Morgan fingerprint density at radius 3 is 2.16 bits per heavy atom. The van der Waals surface area contributed by atoms with Crippen molar-refractivity contribution < 1.29 is 5.11 Å². The summed E-state index contributed by atoms with van der Waals surface area (Å²) in [6, 6.07) is 1.86. The molecule has 1 N–H and O–H groups in total. The molecule has 19 heavy (non-hydrogen) atoms. The molecule has 1 atom stereocenters. The van der Waals surface area contributed by atoms with Crippen molar-refractivity contribution in [1.29, 1.82) is 0 Å². The minimum atomic E-state index is -0.364. The fourth-order valence-electron chi connectivity index (χ4n) is 2.32. The quantitative estimate of drug-likeness (QED) is 0.472. The van der Waals surface area contributed by atoms with E-state index in [0.717, 1.165) is 17.7 Å². The molecule has 1 aromatic rings. The summed E-state index contributed by atoms with van der Waals surface area (Å²) in [6.45, 7) is 2.26. The molecule has 0 amide bonds. The molecular formula is C16H27ClOS. The zero-order valence-corrected chi connectivity index (χ0v) is 13.6. The number of hydrogen-bond acceptors (Lipinski definition) is 2. The van der Waals surface area contributed by atoms with Crippen LogP contribution in [0.5, 0.6) is 0 Å². The molecule has 0 spiro atoms. The fraction of sp³-hybridized carbons (Fsp3) is 0.750. The Labute approximate surface area is 127 Å². The first-order valence-electron chi connectivity index (χ1n) is 7.66. The highest BCUT2D eigenvalue weighted by Crippen LogP contribution is 2.31. The third-order valence-electron chi connectivity index (χ3n) is 3.53. The highest BCUT2D eigenvalue weighted by molar-refractivity contribution is 7.10. The second kappa shape index (κ2) is 10.7. The van der Waals surface area contributed by atoms with Crippen LogP contribution in [-0.4, -0.2) is 5.11 Å². The van der Waals surface area contributed by atoms with Gasteiger partial charge in [-0.2, -0.15) is 0 Å². The number of rotatable bonds is 11. The van der Waals surface area contributed by atoms with Crippen molar-refractivity contribution in [1.82, 2.24) is 0 Å². The van der Waals surface area contributed by atoms with Gasteiger partial charge in [-0.25, -0.2) is 0 Å². The predicted molar refractivity (Wildman–Crippen MR) is 86.1 cm³/mol. The second-order valence-corrected chi connectivity index (χ2v) is 6.62. The summed E-state index contributed by atoms with van der Waals surface area (Å²) in [5.41, 5.74) is 0. The Hall–Kier alpha value is -0.0500. The lowest BCUT2D eigenvalue weighted by Crippen LogP contribution is -1.95. The molecule has 0 fully saturated rings. The highest BCUT2D eigenvalue weighted by atomic mass is 35.5. The summed E-state index contributed by atoms with van der Waals surface area (Å²) in [5, 5.41) is 12.7. The first-order valence-corrected chi connectivity index (χ1v) is 8.92. The normalized spacial score (nSPS) is 12.8. The lowest BCUT2D eigenvalue weighted by atomic mass is 10.0. The molecule has 1 heterocycles. The van der Waals surface area contributed by atoms with Gasteiger partial charge < -0.3 is 5.11 Å². The number of unbranched alkanes of at least 4 members (excludes halogenated alkanes) is 8. The topological polar surface area (TPSA) is 20.2 Å². The molecule has 1 aromatic heterocycles.